The Hall–Kier alpha value is -3.24. The Morgan fingerprint density at radius 2 is 1.75 bits per heavy atom. The summed E-state index contributed by atoms with van der Waals surface area (Å²) in [6.45, 7) is 8.94. The summed E-state index contributed by atoms with van der Waals surface area (Å²) in [6.07, 6.45) is 8.11. The van der Waals surface area contributed by atoms with E-state index in [9.17, 15) is 19.2 Å². The number of carbonyl (C=O) groups is 2. The first-order valence-corrected chi connectivity index (χ1v) is 16.5. The van der Waals surface area contributed by atoms with Crippen LogP contribution in [0.1, 0.15) is 71.3 Å². The summed E-state index contributed by atoms with van der Waals surface area (Å²) in [4.78, 5) is 55.7. The first-order valence-electron chi connectivity index (χ1n) is 16.5. The van der Waals surface area contributed by atoms with E-state index in [0.29, 0.717) is 5.92 Å². The van der Waals surface area contributed by atoms with Gasteiger partial charge in [-0.2, -0.15) is 0 Å². The fraction of sp³-hybridized carbons (Fsp3) is 0.647. The van der Waals surface area contributed by atoms with Gasteiger partial charge in [-0.05, 0) is 96.0 Å². The van der Waals surface area contributed by atoms with Crippen LogP contribution < -0.4 is 31.5 Å². The average molecular weight is 608 g/mol. The highest BCUT2D eigenvalue weighted by molar-refractivity contribution is 5.90. The maximum absolute atomic E-state index is 14.1. The second kappa shape index (κ2) is 14.2. The lowest BCUT2D eigenvalue weighted by molar-refractivity contribution is -0.140. The number of carbonyl (C=O) groups excluding carboxylic acids is 2. The standard InChI is InChI=1S/C34H49N5O5/c1-21(2)44-32-29(30(40)31(32)41)36-26-12-8-9-23(19-26)13-16-38-17-14-24-15-18-39(27(24)20-38)34(43)28(25-10-6-5-7-11-25)37-33(42)22(3)35-4/h8-9,12,19,21-22,24-25,27-28,35-36H,5-7,10-11,13-18,20H2,1-4H3,(H,37,42)/t22-,24+,27+,28-/m0/s1. The molecule has 2 aromatic rings. The molecule has 0 radical (unpaired) electrons. The van der Waals surface area contributed by atoms with Gasteiger partial charge < -0.3 is 30.5 Å². The van der Waals surface area contributed by atoms with Crippen LogP contribution in [0.15, 0.2) is 33.9 Å². The number of rotatable bonds is 12. The van der Waals surface area contributed by atoms with Crippen LogP contribution in [-0.2, 0) is 16.0 Å². The largest absolute Gasteiger partial charge is 0.485 e. The van der Waals surface area contributed by atoms with E-state index in [1.165, 1.54) is 6.42 Å². The number of nitrogens with one attached hydrogen (secondary N) is 3. The lowest BCUT2D eigenvalue weighted by atomic mass is 9.83. The normalized spacial score (nSPS) is 22.5. The third-order valence-electron chi connectivity index (χ3n) is 9.87. The van der Waals surface area contributed by atoms with Crippen LogP contribution in [0, 0.1) is 11.8 Å². The average Bonchev–Trinajstić information content (AvgIpc) is 3.47. The molecule has 2 aromatic carbocycles. The summed E-state index contributed by atoms with van der Waals surface area (Å²) < 4.78 is 5.54. The molecule has 10 nitrogen and oxygen atoms in total. The number of likely N-dealkylation sites (N-methyl/N-ethyl adjacent to an activating group) is 1. The molecule has 0 bridgehead atoms. The predicted molar refractivity (Wildman–Crippen MR) is 172 cm³/mol. The zero-order chi connectivity index (χ0) is 31.4. The van der Waals surface area contributed by atoms with Gasteiger partial charge in [0.2, 0.25) is 11.8 Å². The molecule has 0 unspecified atom stereocenters. The highest BCUT2D eigenvalue weighted by Gasteiger charge is 2.44. The number of amides is 2. The first kappa shape index (κ1) is 32.2. The van der Waals surface area contributed by atoms with Gasteiger partial charge in [-0.25, -0.2) is 0 Å². The Labute approximate surface area is 260 Å². The monoisotopic (exact) mass is 607 g/mol. The van der Waals surface area contributed by atoms with Crippen LogP contribution in [0.2, 0.25) is 0 Å². The smallest absolute Gasteiger partial charge is 0.272 e. The zero-order valence-corrected chi connectivity index (χ0v) is 26.7. The highest BCUT2D eigenvalue weighted by Crippen LogP contribution is 2.35. The van der Waals surface area contributed by atoms with Crippen LogP contribution in [0.4, 0.5) is 11.4 Å². The number of anilines is 2. The van der Waals surface area contributed by atoms with E-state index in [2.05, 4.69) is 31.8 Å². The van der Waals surface area contributed by atoms with Gasteiger partial charge in [-0.3, -0.25) is 19.2 Å². The molecule has 3 fully saturated rings. The Kier molecular flexibility index (Phi) is 10.4. The number of benzene rings is 1. The van der Waals surface area contributed by atoms with E-state index in [1.807, 2.05) is 39.0 Å². The summed E-state index contributed by atoms with van der Waals surface area (Å²) in [5.74, 6) is 0.792. The van der Waals surface area contributed by atoms with Crippen molar-refractivity contribution in [1.29, 1.82) is 0 Å². The van der Waals surface area contributed by atoms with Crippen molar-refractivity contribution in [3.05, 3.63) is 50.3 Å². The Bertz CT molecular complexity index is 1380. The third kappa shape index (κ3) is 7.18. The number of hydrogen-bond acceptors (Lipinski definition) is 8. The van der Waals surface area contributed by atoms with Crippen molar-refractivity contribution in [2.75, 3.05) is 38.5 Å². The number of piperidine rings is 1. The predicted octanol–water partition coefficient (Wildman–Crippen LogP) is 2.95. The summed E-state index contributed by atoms with van der Waals surface area (Å²) in [6, 6.07) is 7.28. The van der Waals surface area contributed by atoms with Crippen molar-refractivity contribution in [3.63, 3.8) is 0 Å². The minimum absolute atomic E-state index is 0.0980. The van der Waals surface area contributed by atoms with Gasteiger partial charge in [0.25, 0.3) is 10.9 Å². The fourth-order valence-electron chi connectivity index (χ4n) is 7.19. The maximum atomic E-state index is 14.1. The van der Waals surface area contributed by atoms with Crippen molar-refractivity contribution < 1.29 is 14.3 Å². The number of nitrogens with zero attached hydrogens (tertiary/aromatic N) is 2. The summed E-state index contributed by atoms with van der Waals surface area (Å²) in [5.41, 5.74) is 0.960. The number of fused-ring (bicyclic) bond motifs is 1. The van der Waals surface area contributed by atoms with E-state index in [4.69, 9.17) is 4.74 Å². The summed E-state index contributed by atoms with van der Waals surface area (Å²) in [5, 5.41) is 9.25. The molecule has 2 aliphatic heterocycles. The minimum Gasteiger partial charge on any atom is -0.485 e. The van der Waals surface area contributed by atoms with E-state index in [1.54, 1.807) is 7.05 Å². The lowest BCUT2D eigenvalue weighted by Crippen LogP contribution is -2.58. The van der Waals surface area contributed by atoms with Crippen molar-refractivity contribution in [3.8, 4) is 5.75 Å². The second-order valence-corrected chi connectivity index (χ2v) is 13.2. The van der Waals surface area contributed by atoms with Gasteiger partial charge in [-0.15, -0.1) is 0 Å². The lowest BCUT2D eigenvalue weighted by Gasteiger charge is -2.41. The molecule has 5 rings (SSSR count). The minimum atomic E-state index is -0.583. The summed E-state index contributed by atoms with van der Waals surface area (Å²) in [7, 11) is 1.77. The second-order valence-electron chi connectivity index (χ2n) is 13.2. The van der Waals surface area contributed by atoms with E-state index in [0.717, 1.165) is 82.4 Å². The molecular weight excluding hydrogens is 558 g/mol. The van der Waals surface area contributed by atoms with Gasteiger partial charge in [0.15, 0.2) is 5.75 Å². The van der Waals surface area contributed by atoms with Gasteiger partial charge in [0.05, 0.1) is 12.1 Å². The van der Waals surface area contributed by atoms with Crippen LogP contribution in [0.25, 0.3) is 0 Å². The molecule has 0 spiro atoms. The van der Waals surface area contributed by atoms with Gasteiger partial charge in [-0.1, -0.05) is 31.4 Å². The molecule has 0 aromatic heterocycles. The number of ether oxygens (including phenoxy) is 1. The molecule has 3 aliphatic rings. The molecule has 4 atom stereocenters. The molecule has 2 amide bonds. The van der Waals surface area contributed by atoms with E-state index < -0.39 is 16.9 Å². The molecule has 1 saturated carbocycles. The van der Waals surface area contributed by atoms with E-state index >= 15 is 0 Å². The van der Waals surface area contributed by atoms with E-state index in [-0.39, 0.29) is 47.4 Å². The summed E-state index contributed by atoms with van der Waals surface area (Å²) >= 11 is 0. The molecule has 2 heterocycles. The number of hydrogen-bond donors (Lipinski definition) is 3. The third-order valence-corrected chi connectivity index (χ3v) is 9.87. The molecule has 10 heteroatoms. The van der Waals surface area contributed by atoms with Gasteiger partial charge in [0, 0.05) is 31.4 Å². The van der Waals surface area contributed by atoms with Crippen LogP contribution in [0.5, 0.6) is 5.75 Å². The van der Waals surface area contributed by atoms with Crippen molar-refractivity contribution in [2.24, 2.45) is 11.8 Å². The Balaban J connectivity index is 1.21. The van der Waals surface area contributed by atoms with Crippen molar-refractivity contribution in [2.45, 2.75) is 96.4 Å². The number of likely N-dealkylation sites (tertiary alicyclic amines) is 2. The highest BCUT2D eigenvalue weighted by atomic mass is 16.5. The van der Waals surface area contributed by atoms with Gasteiger partial charge >= 0.3 is 0 Å². The van der Waals surface area contributed by atoms with Gasteiger partial charge in [0.1, 0.15) is 11.7 Å². The first-order chi connectivity index (χ1) is 21.2. The SMILES string of the molecule is CN[C@@H](C)C(=O)N[C@H](C(=O)N1CC[C@H]2CCN(CCc3cccc(Nc4c(OC(C)C)c(=O)c4=O)c3)C[C@H]21)C1CCCCC1. The molecule has 1 aliphatic carbocycles. The van der Waals surface area contributed by atoms with Crippen molar-refractivity contribution in [1.82, 2.24) is 20.4 Å². The molecule has 3 N–H and O–H groups in total. The molecule has 240 valence electrons. The maximum Gasteiger partial charge on any atom is 0.272 e. The quantitative estimate of drug-likeness (QED) is 0.315. The molecular formula is C34H49N5O5. The Morgan fingerprint density at radius 3 is 2.48 bits per heavy atom. The van der Waals surface area contributed by atoms with Crippen molar-refractivity contribution >= 4 is 23.2 Å². The fourth-order valence-corrected chi connectivity index (χ4v) is 7.19. The molecule has 44 heavy (non-hydrogen) atoms. The van der Waals surface area contributed by atoms with Crippen LogP contribution >= 0.6 is 0 Å². The van der Waals surface area contributed by atoms with Crippen LogP contribution in [0.3, 0.4) is 0 Å². The Morgan fingerprint density at radius 1 is 1.00 bits per heavy atom. The topological polar surface area (TPSA) is 120 Å². The van der Waals surface area contributed by atoms with Crippen LogP contribution in [-0.4, -0.2) is 79.1 Å². The molecule has 2 saturated heterocycles. The zero-order valence-electron chi connectivity index (χ0n) is 26.7.